The largest absolute Gasteiger partial charge is 0.416 e. The highest BCUT2D eigenvalue weighted by Crippen LogP contribution is 2.40. The fourth-order valence-electron chi connectivity index (χ4n) is 3.10. The van der Waals surface area contributed by atoms with Gasteiger partial charge in [-0.05, 0) is 53.7 Å². The highest BCUT2D eigenvalue weighted by atomic mass is 35.5. The van der Waals surface area contributed by atoms with E-state index in [0.29, 0.717) is 22.3 Å². The maximum atomic E-state index is 14.2. The van der Waals surface area contributed by atoms with E-state index < -0.39 is 23.1 Å². The standard InChI is InChI=1S/C21H13ClF4N2S/c22-17-6-7-19(27-12-17)11-20(28-13-29,14-4-2-1-3-5-14)15-8-16(21(24,25)26)10-18(23)9-15/h1-10,12H,11H2. The van der Waals surface area contributed by atoms with Crippen molar-refractivity contribution in [3.8, 4) is 0 Å². The molecular formula is C21H13ClF4N2S. The Morgan fingerprint density at radius 1 is 0.966 bits per heavy atom. The Kier molecular flexibility index (Phi) is 6.13. The van der Waals surface area contributed by atoms with Crippen molar-refractivity contribution in [2.75, 3.05) is 0 Å². The number of thiocarbonyl (C=S) groups is 1. The summed E-state index contributed by atoms with van der Waals surface area (Å²) < 4.78 is 54.2. The Morgan fingerprint density at radius 3 is 2.24 bits per heavy atom. The van der Waals surface area contributed by atoms with Gasteiger partial charge in [-0.1, -0.05) is 41.9 Å². The summed E-state index contributed by atoms with van der Waals surface area (Å²) in [6.07, 6.45) is -3.28. The first-order valence-electron chi connectivity index (χ1n) is 8.38. The molecule has 0 aliphatic heterocycles. The molecule has 2 aromatic carbocycles. The van der Waals surface area contributed by atoms with Crippen LogP contribution >= 0.6 is 23.8 Å². The summed E-state index contributed by atoms with van der Waals surface area (Å²) in [6.45, 7) is 0. The zero-order valence-electron chi connectivity index (χ0n) is 14.8. The van der Waals surface area contributed by atoms with Gasteiger partial charge >= 0.3 is 6.18 Å². The summed E-state index contributed by atoms with van der Waals surface area (Å²) in [5.74, 6) is -1.03. The minimum absolute atomic E-state index is 0.00914. The number of isothiocyanates is 1. The molecule has 0 aliphatic carbocycles. The molecule has 0 fully saturated rings. The molecule has 2 nitrogen and oxygen atoms in total. The topological polar surface area (TPSA) is 25.2 Å². The Bertz CT molecular complexity index is 1050. The second-order valence-electron chi connectivity index (χ2n) is 6.30. The summed E-state index contributed by atoms with van der Waals surface area (Å²) in [5.41, 5.74) is -1.56. The molecule has 0 N–H and O–H groups in total. The van der Waals surface area contributed by atoms with Crippen LogP contribution in [0, 0.1) is 5.82 Å². The second kappa shape index (κ2) is 8.41. The maximum Gasteiger partial charge on any atom is 0.416 e. The summed E-state index contributed by atoms with van der Waals surface area (Å²) in [4.78, 5) is 8.46. The van der Waals surface area contributed by atoms with Crippen LogP contribution in [0.2, 0.25) is 5.02 Å². The molecule has 0 amide bonds. The molecule has 3 rings (SSSR count). The van der Waals surface area contributed by atoms with Crippen LogP contribution in [-0.4, -0.2) is 10.1 Å². The number of halogens is 5. The van der Waals surface area contributed by atoms with Gasteiger partial charge in [-0.2, -0.15) is 13.2 Å². The van der Waals surface area contributed by atoms with Crippen LogP contribution in [0.15, 0.2) is 71.9 Å². The lowest BCUT2D eigenvalue weighted by molar-refractivity contribution is -0.137. The van der Waals surface area contributed by atoms with Gasteiger partial charge < -0.3 is 0 Å². The van der Waals surface area contributed by atoms with Gasteiger partial charge in [0.2, 0.25) is 0 Å². The lowest BCUT2D eigenvalue weighted by Gasteiger charge is -2.30. The smallest absolute Gasteiger partial charge is 0.260 e. The number of aromatic nitrogens is 1. The van der Waals surface area contributed by atoms with Crippen molar-refractivity contribution in [3.05, 3.63) is 100 Å². The minimum Gasteiger partial charge on any atom is -0.260 e. The molecule has 0 bridgehead atoms. The fourth-order valence-corrected chi connectivity index (χ4v) is 3.36. The quantitative estimate of drug-likeness (QED) is 0.260. The lowest BCUT2D eigenvalue weighted by Crippen LogP contribution is -2.29. The zero-order valence-corrected chi connectivity index (χ0v) is 16.3. The van der Waals surface area contributed by atoms with Crippen LogP contribution in [0.5, 0.6) is 0 Å². The van der Waals surface area contributed by atoms with Gasteiger partial charge in [0.25, 0.3) is 0 Å². The Balaban J connectivity index is 2.29. The summed E-state index contributed by atoms with van der Waals surface area (Å²) in [5, 5.41) is 2.67. The zero-order chi connectivity index (χ0) is 21.1. The summed E-state index contributed by atoms with van der Waals surface area (Å²) >= 11 is 10.7. The molecule has 0 aliphatic rings. The van der Waals surface area contributed by atoms with E-state index in [0.717, 1.165) is 12.1 Å². The number of pyridine rings is 1. The molecule has 29 heavy (non-hydrogen) atoms. The van der Waals surface area contributed by atoms with E-state index in [1.807, 2.05) is 0 Å². The third kappa shape index (κ3) is 4.70. The van der Waals surface area contributed by atoms with Crippen LogP contribution in [0.1, 0.15) is 22.4 Å². The van der Waals surface area contributed by atoms with Crippen molar-refractivity contribution >= 4 is 29.0 Å². The van der Waals surface area contributed by atoms with Crippen molar-refractivity contribution in [3.63, 3.8) is 0 Å². The molecule has 1 heterocycles. The minimum atomic E-state index is -4.72. The first-order valence-corrected chi connectivity index (χ1v) is 9.16. The number of rotatable bonds is 5. The predicted octanol–water partition coefficient (Wildman–Crippen LogP) is 6.48. The number of nitrogens with zero attached hydrogens (tertiary/aromatic N) is 2. The van der Waals surface area contributed by atoms with E-state index in [1.165, 1.54) is 6.20 Å². The Labute approximate surface area is 174 Å². The average molecular weight is 437 g/mol. The van der Waals surface area contributed by atoms with Crippen LogP contribution in [-0.2, 0) is 18.1 Å². The third-order valence-electron chi connectivity index (χ3n) is 4.42. The van der Waals surface area contributed by atoms with Gasteiger partial charge in [0.15, 0.2) is 0 Å². The number of hydrogen-bond acceptors (Lipinski definition) is 3. The summed E-state index contributed by atoms with van der Waals surface area (Å²) in [7, 11) is 0. The van der Waals surface area contributed by atoms with Gasteiger partial charge in [0.05, 0.1) is 15.7 Å². The lowest BCUT2D eigenvalue weighted by atomic mass is 9.79. The van der Waals surface area contributed by atoms with E-state index in [9.17, 15) is 17.6 Å². The van der Waals surface area contributed by atoms with Crippen molar-refractivity contribution < 1.29 is 17.6 Å². The van der Waals surface area contributed by atoms with E-state index >= 15 is 0 Å². The van der Waals surface area contributed by atoms with E-state index in [1.54, 1.807) is 42.5 Å². The van der Waals surface area contributed by atoms with Crippen LogP contribution in [0.3, 0.4) is 0 Å². The van der Waals surface area contributed by atoms with Crippen molar-refractivity contribution in [2.24, 2.45) is 4.99 Å². The van der Waals surface area contributed by atoms with Crippen LogP contribution in [0.4, 0.5) is 17.6 Å². The molecule has 0 spiro atoms. The molecule has 1 unspecified atom stereocenters. The highest BCUT2D eigenvalue weighted by Gasteiger charge is 2.38. The molecule has 3 aromatic rings. The third-order valence-corrected chi connectivity index (χ3v) is 4.73. The first kappa shape index (κ1) is 21.1. The first-order chi connectivity index (χ1) is 13.7. The van der Waals surface area contributed by atoms with Crippen molar-refractivity contribution in [1.82, 2.24) is 4.98 Å². The maximum absolute atomic E-state index is 14.2. The van der Waals surface area contributed by atoms with Gasteiger partial charge in [-0.15, -0.1) is 0 Å². The van der Waals surface area contributed by atoms with Gasteiger partial charge in [0.1, 0.15) is 11.4 Å². The Morgan fingerprint density at radius 2 is 1.66 bits per heavy atom. The molecule has 0 saturated carbocycles. The predicted molar refractivity (Wildman–Crippen MR) is 107 cm³/mol. The van der Waals surface area contributed by atoms with E-state index in [2.05, 4.69) is 15.1 Å². The summed E-state index contributed by atoms with van der Waals surface area (Å²) in [6, 6.07) is 14.1. The fraction of sp³-hybridized carbons (Fsp3) is 0.143. The molecule has 1 aromatic heterocycles. The Hall–Kier alpha value is -2.60. The van der Waals surface area contributed by atoms with E-state index in [4.69, 9.17) is 23.8 Å². The normalized spacial score (nSPS) is 13.4. The van der Waals surface area contributed by atoms with E-state index in [-0.39, 0.29) is 12.0 Å². The molecular weight excluding hydrogens is 424 g/mol. The van der Waals surface area contributed by atoms with Gasteiger partial charge in [0, 0.05) is 18.3 Å². The number of hydrogen-bond donors (Lipinski definition) is 0. The monoisotopic (exact) mass is 436 g/mol. The molecule has 1 atom stereocenters. The number of alkyl halides is 3. The SMILES string of the molecule is Fc1cc(C(F)(F)F)cc(C(Cc2ccc(Cl)cn2)(N=C=S)c2ccccc2)c1. The molecule has 148 valence electrons. The van der Waals surface area contributed by atoms with Gasteiger partial charge in [-0.3, -0.25) is 4.98 Å². The molecule has 0 radical (unpaired) electrons. The highest BCUT2D eigenvalue weighted by molar-refractivity contribution is 7.78. The number of benzene rings is 2. The molecule has 8 heteroatoms. The van der Waals surface area contributed by atoms with Crippen LogP contribution < -0.4 is 0 Å². The van der Waals surface area contributed by atoms with Crippen LogP contribution in [0.25, 0.3) is 0 Å². The molecule has 0 saturated heterocycles. The van der Waals surface area contributed by atoms with Gasteiger partial charge in [-0.25, -0.2) is 9.38 Å². The average Bonchev–Trinajstić information content (AvgIpc) is 2.69. The number of aliphatic imine (C=N–C) groups is 1. The second-order valence-corrected chi connectivity index (χ2v) is 6.92. The van der Waals surface area contributed by atoms with Crippen molar-refractivity contribution in [2.45, 2.75) is 18.1 Å². The van der Waals surface area contributed by atoms with Crippen molar-refractivity contribution in [1.29, 1.82) is 0 Å².